The van der Waals surface area contributed by atoms with Crippen molar-refractivity contribution in [2.45, 2.75) is 32.0 Å². The predicted molar refractivity (Wildman–Crippen MR) is 79.0 cm³/mol. The van der Waals surface area contributed by atoms with Gasteiger partial charge in [0, 0.05) is 30.5 Å². The summed E-state index contributed by atoms with van der Waals surface area (Å²) in [7, 11) is 0. The lowest BCUT2D eigenvalue weighted by atomic mass is 10.2. The SMILES string of the molecule is Clc1cccc(CNC2CC2)c1OCCn1ccnc1. The topological polar surface area (TPSA) is 39.1 Å². The summed E-state index contributed by atoms with van der Waals surface area (Å²) >= 11 is 6.25. The lowest BCUT2D eigenvalue weighted by Crippen LogP contribution is -2.16. The highest BCUT2D eigenvalue weighted by Gasteiger charge is 2.21. The van der Waals surface area contributed by atoms with Crippen LogP contribution in [-0.4, -0.2) is 22.2 Å². The molecule has 106 valence electrons. The van der Waals surface area contributed by atoms with Crippen LogP contribution < -0.4 is 10.1 Å². The van der Waals surface area contributed by atoms with Crippen LogP contribution in [0.2, 0.25) is 5.02 Å². The largest absolute Gasteiger partial charge is 0.490 e. The summed E-state index contributed by atoms with van der Waals surface area (Å²) < 4.78 is 7.86. The van der Waals surface area contributed by atoms with E-state index in [1.165, 1.54) is 12.8 Å². The summed E-state index contributed by atoms with van der Waals surface area (Å²) in [6, 6.07) is 6.57. The van der Waals surface area contributed by atoms with Gasteiger partial charge in [0.05, 0.1) is 17.9 Å². The van der Waals surface area contributed by atoms with Crippen LogP contribution in [0.1, 0.15) is 18.4 Å². The van der Waals surface area contributed by atoms with Crippen molar-refractivity contribution < 1.29 is 4.74 Å². The summed E-state index contributed by atoms with van der Waals surface area (Å²) in [5, 5.41) is 4.16. The first-order valence-electron chi connectivity index (χ1n) is 6.92. The van der Waals surface area contributed by atoms with Gasteiger partial charge in [-0.1, -0.05) is 23.7 Å². The molecule has 1 aromatic heterocycles. The Bertz CT molecular complexity index is 552. The smallest absolute Gasteiger partial charge is 0.142 e. The molecule has 1 N–H and O–H groups in total. The molecule has 0 atom stereocenters. The number of benzene rings is 1. The van der Waals surface area contributed by atoms with Gasteiger partial charge < -0.3 is 14.6 Å². The number of rotatable bonds is 7. The molecule has 1 heterocycles. The maximum Gasteiger partial charge on any atom is 0.142 e. The van der Waals surface area contributed by atoms with Gasteiger partial charge in [0.15, 0.2) is 0 Å². The Morgan fingerprint density at radius 3 is 3.05 bits per heavy atom. The van der Waals surface area contributed by atoms with E-state index in [0.29, 0.717) is 17.7 Å². The summed E-state index contributed by atoms with van der Waals surface area (Å²) in [5.41, 5.74) is 1.12. The van der Waals surface area contributed by atoms with Gasteiger partial charge in [0.2, 0.25) is 0 Å². The molecule has 0 radical (unpaired) electrons. The van der Waals surface area contributed by atoms with Gasteiger partial charge in [-0.05, 0) is 18.9 Å². The first-order valence-corrected chi connectivity index (χ1v) is 7.30. The second kappa shape index (κ2) is 6.29. The number of aromatic nitrogens is 2. The van der Waals surface area contributed by atoms with Crippen LogP contribution in [0, 0.1) is 0 Å². The Morgan fingerprint density at radius 2 is 2.30 bits per heavy atom. The molecule has 0 spiro atoms. The first-order chi connectivity index (χ1) is 9.83. The van der Waals surface area contributed by atoms with Crippen molar-refractivity contribution in [2.24, 2.45) is 0 Å². The Hall–Kier alpha value is -1.52. The highest BCUT2D eigenvalue weighted by molar-refractivity contribution is 6.32. The quantitative estimate of drug-likeness (QED) is 0.852. The van der Waals surface area contributed by atoms with E-state index in [2.05, 4.69) is 16.4 Å². The maximum atomic E-state index is 6.25. The van der Waals surface area contributed by atoms with Crippen molar-refractivity contribution in [2.75, 3.05) is 6.61 Å². The lowest BCUT2D eigenvalue weighted by molar-refractivity contribution is 0.295. The normalized spacial score (nSPS) is 14.4. The molecule has 1 aliphatic carbocycles. The van der Waals surface area contributed by atoms with E-state index in [-0.39, 0.29) is 0 Å². The van der Waals surface area contributed by atoms with E-state index in [9.17, 15) is 0 Å². The second-order valence-corrected chi connectivity index (χ2v) is 5.44. The third kappa shape index (κ3) is 3.52. The molecule has 4 nitrogen and oxygen atoms in total. The summed E-state index contributed by atoms with van der Waals surface area (Å²) in [6.07, 6.45) is 8.02. The average molecular weight is 292 g/mol. The van der Waals surface area contributed by atoms with Crippen LogP contribution in [-0.2, 0) is 13.1 Å². The molecule has 1 aromatic carbocycles. The third-order valence-corrected chi connectivity index (χ3v) is 3.66. The fourth-order valence-electron chi connectivity index (χ4n) is 2.07. The predicted octanol–water partition coefficient (Wildman–Crippen LogP) is 2.87. The zero-order chi connectivity index (χ0) is 13.8. The molecular formula is C15H18ClN3O. The second-order valence-electron chi connectivity index (χ2n) is 5.03. The standard InChI is InChI=1S/C15H18ClN3O/c16-14-3-1-2-12(10-18-13-4-5-13)15(14)20-9-8-19-7-6-17-11-19/h1-3,6-7,11,13,18H,4-5,8-10H2. The molecule has 1 aliphatic rings. The van der Waals surface area contributed by atoms with Crippen LogP contribution in [0.5, 0.6) is 5.75 Å². The molecule has 20 heavy (non-hydrogen) atoms. The van der Waals surface area contributed by atoms with Gasteiger partial charge in [-0.25, -0.2) is 4.98 Å². The fraction of sp³-hybridized carbons (Fsp3) is 0.400. The maximum absolute atomic E-state index is 6.25. The van der Waals surface area contributed by atoms with Crippen LogP contribution >= 0.6 is 11.6 Å². The highest BCUT2D eigenvalue weighted by atomic mass is 35.5. The van der Waals surface area contributed by atoms with Crippen LogP contribution in [0.15, 0.2) is 36.9 Å². The minimum atomic E-state index is 0.580. The number of nitrogens with one attached hydrogen (secondary N) is 1. The zero-order valence-corrected chi connectivity index (χ0v) is 12.0. The van der Waals surface area contributed by atoms with Crippen molar-refractivity contribution in [1.82, 2.24) is 14.9 Å². The minimum absolute atomic E-state index is 0.580. The molecule has 1 saturated carbocycles. The Labute approximate surface area is 123 Å². The van der Waals surface area contributed by atoms with Gasteiger partial charge in [-0.15, -0.1) is 0 Å². The van der Waals surface area contributed by atoms with Gasteiger partial charge in [0.1, 0.15) is 12.4 Å². The molecule has 0 bridgehead atoms. The Morgan fingerprint density at radius 1 is 1.40 bits per heavy atom. The van der Waals surface area contributed by atoms with E-state index >= 15 is 0 Å². The van der Waals surface area contributed by atoms with Gasteiger partial charge in [0.25, 0.3) is 0 Å². The molecule has 0 saturated heterocycles. The molecule has 5 heteroatoms. The van der Waals surface area contributed by atoms with Crippen LogP contribution in [0.25, 0.3) is 0 Å². The van der Waals surface area contributed by atoms with Crippen molar-refractivity contribution >= 4 is 11.6 Å². The number of hydrogen-bond donors (Lipinski definition) is 1. The molecule has 2 aromatic rings. The Kier molecular flexibility index (Phi) is 4.23. The molecule has 3 rings (SSSR count). The molecular weight excluding hydrogens is 274 g/mol. The summed E-state index contributed by atoms with van der Waals surface area (Å²) in [4.78, 5) is 4.01. The number of para-hydroxylation sites is 1. The summed E-state index contributed by atoms with van der Waals surface area (Å²) in [5.74, 6) is 0.794. The van der Waals surface area contributed by atoms with Crippen molar-refractivity contribution in [3.8, 4) is 5.75 Å². The van der Waals surface area contributed by atoms with Crippen LogP contribution in [0.3, 0.4) is 0 Å². The van der Waals surface area contributed by atoms with Gasteiger partial charge in [-0.3, -0.25) is 0 Å². The van der Waals surface area contributed by atoms with E-state index in [1.807, 2.05) is 22.9 Å². The van der Waals surface area contributed by atoms with Crippen molar-refractivity contribution in [3.63, 3.8) is 0 Å². The number of nitrogens with zero attached hydrogens (tertiary/aromatic N) is 2. The third-order valence-electron chi connectivity index (χ3n) is 3.36. The van der Waals surface area contributed by atoms with E-state index < -0.39 is 0 Å². The number of imidazole rings is 1. The van der Waals surface area contributed by atoms with E-state index in [0.717, 1.165) is 24.4 Å². The lowest BCUT2D eigenvalue weighted by Gasteiger charge is -2.14. The Balaban J connectivity index is 1.60. The first kappa shape index (κ1) is 13.5. The molecule has 0 unspecified atom stereocenters. The molecule has 0 aliphatic heterocycles. The zero-order valence-electron chi connectivity index (χ0n) is 11.3. The summed E-state index contributed by atoms with van der Waals surface area (Å²) in [6.45, 7) is 2.16. The van der Waals surface area contributed by atoms with Crippen LogP contribution in [0.4, 0.5) is 0 Å². The number of hydrogen-bond acceptors (Lipinski definition) is 3. The number of halogens is 1. The van der Waals surface area contributed by atoms with Crippen molar-refractivity contribution in [3.05, 3.63) is 47.5 Å². The molecule has 1 fully saturated rings. The van der Waals surface area contributed by atoms with Gasteiger partial charge >= 0.3 is 0 Å². The van der Waals surface area contributed by atoms with Crippen molar-refractivity contribution in [1.29, 1.82) is 0 Å². The highest BCUT2D eigenvalue weighted by Crippen LogP contribution is 2.29. The number of ether oxygens (including phenoxy) is 1. The monoisotopic (exact) mass is 291 g/mol. The van der Waals surface area contributed by atoms with E-state index in [4.69, 9.17) is 16.3 Å². The minimum Gasteiger partial charge on any atom is -0.490 e. The van der Waals surface area contributed by atoms with Gasteiger partial charge in [-0.2, -0.15) is 0 Å². The fourth-order valence-corrected chi connectivity index (χ4v) is 2.32. The average Bonchev–Trinajstić information content (AvgIpc) is 3.14. The molecule has 0 amide bonds. The van der Waals surface area contributed by atoms with E-state index in [1.54, 1.807) is 12.5 Å².